The van der Waals surface area contributed by atoms with Gasteiger partial charge in [0.05, 0.1) is 6.20 Å². The first-order valence-corrected chi connectivity index (χ1v) is 2.53. The van der Waals surface area contributed by atoms with Crippen LogP contribution in [0, 0.1) is 13.8 Å². The maximum absolute atomic E-state index is 5.06. The van der Waals surface area contributed by atoms with Gasteiger partial charge in [0.15, 0.2) is 5.89 Å². The van der Waals surface area contributed by atoms with Gasteiger partial charge >= 0.3 is 0 Å². The summed E-state index contributed by atoms with van der Waals surface area (Å²) in [5.74, 6) is 1.56. The molecule has 0 saturated heterocycles. The van der Waals surface area contributed by atoms with Crippen LogP contribution in [0.3, 0.4) is 0 Å². The quantitative estimate of drug-likeness (QED) is 0.545. The Hall–Kier alpha value is -0.790. The van der Waals surface area contributed by atoms with Crippen molar-refractivity contribution in [3.05, 3.63) is 24.8 Å². The lowest BCUT2D eigenvalue weighted by Crippen LogP contribution is -1.68. The molecule has 2 nitrogen and oxygen atoms in total. The van der Waals surface area contributed by atoms with Crippen LogP contribution in [-0.2, 0) is 6.42 Å². The highest BCUT2D eigenvalue weighted by Gasteiger charge is 1.92. The first-order valence-electron chi connectivity index (χ1n) is 2.53. The molecule has 0 aliphatic heterocycles. The number of aromatic nitrogens is 1. The zero-order chi connectivity index (χ0) is 5.98. The summed E-state index contributed by atoms with van der Waals surface area (Å²) >= 11 is 0. The molecule has 0 saturated carbocycles. The van der Waals surface area contributed by atoms with Crippen molar-refractivity contribution in [3.63, 3.8) is 0 Å². The molecule has 1 rings (SSSR count). The van der Waals surface area contributed by atoms with Gasteiger partial charge in [-0.15, -0.1) is 0 Å². The van der Waals surface area contributed by atoms with Crippen LogP contribution in [0.15, 0.2) is 10.6 Å². The van der Waals surface area contributed by atoms with Crippen molar-refractivity contribution < 1.29 is 4.42 Å². The average Bonchev–Trinajstić information content (AvgIpc) is 2.14. The Kier molecular flexibility index (Phi) is 1.33. The van der Waals surface area contributed by atoms with Crippen molar-refractivity contribution in [2.24, 2.45) is 0 Å². The highest BCUT2D eigenvalue weighted by molar-refractivity contribution is 4.93. The van der Waals surface area contributed by atoms with Crippen LogP contribution in [0.5, 0.6) is 0 Å². The molecule has 1 radical (unpaired) electrons. The van der Waals surface area contributed by atoms with Gasteiger partial charge in [0.1, 0.15) is 5.76 Å². The summed E-state index contributed by atoms with van der Waals surface area (Å²) < 4.78 is 5.06. The number of hydrogen-bond acceptors (Lipinski definition) is 2. The average molecular weight is 110 g/mol. The molecule has 1 aromatic heterocycles. The lowest BCUT2D eigenvalue weighted by molar-refractivity contribution is 0.485. The molecule has 0 spiro atoms. The van der Waals surface area contributed by atoms with E-state index < -0.39 is 0 Å². The largest absolute Gasteiger partial charge is 0.446 e. The van der Waals surface area contributed by atoms with E-state index in [0.29, 0.717) is 12.3 Å². The SMILES string of the molecule is [CH2]Cc1cnc(C)o1. The summed E-state index contributed by atoms with van der Waals surface area (Å²) in [6, 6.07) is 0. The van der Waals surface area contributed by atoms with Gasteiger partial charge in [-0.05, 0) is 6.92 Å². The Balaban J connectivity index is 2.84. The van der Waals surface area contributed by atoms with E-state index in [-0.39, 0.29) is 0 Å². The summed E-state index contributed by atoms with van der Waals surface area (Å²) in [5, 5.41) is 0. The van der Waals surface area contributed by atoms with E-state index in [4.69, 9.17) is 4.42 Å². The molecule has 0 unspecified atom stereocenters. The predicted molar refractivity (Wildman–Crippen MR) is 30.3 cm³/mol. The van der Waals surface area contributed by atoms with Crippen molar-refractivity contribution in [3.8, 4) is 0 Å². The van der Waals surface area contributed by atoms with Crippen molar-refractivity contribution in [1.82, 2.24) is 4.98 Å². The molecule has 0 aliphatic rings. The molecule has 1 heterocycles. The van der Waals surface area contributed by atoms with Gasteiger partial charge in [-0.1, -0.05) is 0 Å². The van der Waals surface area contributed by atoms with Gasteiger partial charge in [-0.2, -0.15) is 0 Å². The minimum atomic E-state index is 0.681. The number of aryl methyl sites for hydroxylation is 1. The highest BCUT2D eigenvalue weighted by Crippen LogP contribution is 2.00. The van der Waals surface area contributed by atoms with Crippen molar-refractivity contribution in [2.75, 3.05) is 0 Å². The number of hydrogen-bond donors (Lipinski definition) is 0. The Labute approximate surface area is 48.5 Å². The third-order valence-corrected chi connectivity index (χ3v) is 0.916. The Bertz CT molecular complexity index is 169. The first kappa shape index (κ1) is 5.35. The van der Waals surface area contributed by atoms with Gasteiger partial charge in [0.25, 0.3) is 0 Å². The molecule has 0 amide bonds. The number of oxazole rings is 1. The van der Waals surface area contributed by atoms with E-state index in [0.717, 1.165) is 5.76 Å². The minimum Gasteiger partial charge on any atom is -0.446 e. The van der Waals surface area contributed by atoms with Crippen LogP contribution in [0.25, 0.3) is 0 Å². The number of rotatable bonds is 1. The molecule has 2 heteroatoms. The maximum Gasteiger partial charge on any atom is 0.191 e. The molecule has 1 aromatic rings. The normalized spacial score (nSPS) is 9.75. The topological polar surface area (TPSA) is 26.0 Å². The van der Waals surface area contributed by atoms with Crippen molar-refractivity contribution >= 4 is 0 Å². The predicted octanol–water partition coefficient (Wildman–Crippen LogP) is 1.36. The number of nitrogens with zero attached hydrogens (tertiary/aromatic N) is 1. The zero-order valence-corrected chi connectivity index (χ0v) is 4.85. The van der Waals surface area contributed by atoms with E-state index in [1.165, 1.54) is 0 Å². The van der Waals surface area contributed by atoms with E-state index in [1.54, 1.807) is 6.20 Å². The second-order valence-electron chi connectivity index (χ2n) is 1.60. The molecule has 0 aliphatic carbocycles. The van der Waals surface area contributed by atoms with E-state index >= 15 is 0 Å². The van der Waals surface area contributed by atoms with Crippen LogP contribution in [0.1, 0.15) is 11.7 Å². The van der Waals surface area contributed by atoms with Crippen molar-refractivity contribution in [2.45, 2.75) is 13.3 Å². The van der Waals surface area contributed by atoms with Crippen molar-refractivity contribution in [1.29, 1.82) is 0 Å². The standard InChI is InChI=1S/C6H8NO/c1-3-6-4-7-5(2)8-6/h4H,1,3H2,2H3. The molecule has 8 heavy (non-hydrogen) atoms. The second kappa shape index (κ2) is 1.99. The summed E-state index contributed by atoms with van der Waals surface area (Å²) in [6.07, 6.45) is 2.38. The molecule has 0 atom stereocenters. The Morgan fingerprint density at radius 1 is 1.88 bits per heavy atom. The van der Waals surface area contributed by atoms with Crippen LogP contribution in [-0.4, -0.2) is 4.98 Å². The van der Waals surface area contributed by atoms with Gasteiger partial charge in [-0.3, -0.25) is 0 Å². The summed E-state index contributed by atoms with van der Waals surface area (Å²) in [7, 11) is 0. The van der Waals surface area contributed by atoms with Crippen LogP contribution >= 0.6 is 0 Å². The van der Waals surface area contributed by atoms with E-state index in [1.807, 2.05) is 6.92 Å². The molecular formula is C6H8NO. The Morgan fingerprint density at radius 3 is 2.88 bits per heavy atom. The lowest BCUT2D eigenvalue weighted by atomic mass is 10.4. The highest BCUT2D eigenvalue weighted by atomic mass is 16.3. The zero-order valence-electron chi connectivity index (χ0n) is 4.85. The van der Waals surface area contributed by atoms with Crippen LogP contribution in [0.2, 0.25) is 0 Å². The summed E-state index contributed by atoms with van der Waals surface area (Å²) in [4.78, 5) is 3.88. The fourth-order valence-corrected chi connectivity index (χ4v) is 0.521. The molecule has 0 aromatic carbocycles. The maximum atomic E-state index is 5.06. The van der Waals surface area contributed by atoms with E-state index in [2.05, 4.69) is 11.9 Å². The monoisotopic (exact) mass is 110 g/mol. The van der Waals surface area contributed by atoms with Gasteiger partial charge < -0.3 is 4.42 Å². The van der Waals surface area contributed by atoms with E-state index in [9.17, 15) is 0 Å². The fourth-order valence-electron chi connectivity index (χ4n) is 0.521. The third-order valence-electron chi connectivity index (χ3n) is 0.916. The second-order valence-corrected chi connectivity index (χ2v) is 1.60. The molecule has 0 N–H and O–H groups in total. The fraction of sp³-hybridized carbons (Fsp3) is 0.333. The van der Waals surface area contributed by atoms with Gasteiger partial charge in [0, 0.05) is 13.3 Å². The first-order chi connectivity index (χ1) is 3.83. The van der Waals surface area contributed by atoms with Gasteiger partial charge in [0.2, 0.25) is 0 Å². The molecule has 0 bridgehead atoms. The molecule has 43 valence electrons. The minimum absolute atomic E-state index is 0.681. The van der Waals surface area contributed by atoms with Crippen LogP contribution < -0.4 is 0 Å². The molecular weight excluding hydrogens is 102 g/mol. The van der Waals surface area contributed by atoms with Gasteiger partial charge in [-0.25, -0.2) is 4.98 Å². The third kappa shape index (κ3) is 0.886. The lowest BCUT2D eigenvalue weighted by Gasteiger charge is -1.80. The summed E-state index contributed by atoms with van der Waals surface area (Å²) in [6.45, 7) is 5.45. The Morgan fingerprint density at radius 2 is 2.62 bits per heavy atom. The summed E-state index contributed by atoms with van der Waals surface area (Å²) in [5.41, 5.74) is 0. The smallest absolute Gasteiger partial charge is 0.191 e. The molecule has 0 fully saturated rings. The van der Waals surface area contributed by atoms with Crippen LogP contribution in [0.4, 0.5) is 0 Å².